The molecule has 4 heterocycles. The summed E-state index contributed by atoms with van der Waals surface area (Å²) in [5.74, 6) is 1.73. The van der Waals surface area contributed by atoms with Gasteiger partial charge in [-0.1, -0.05) is 19.1 Å². The van der Waals surface area contributed by atoms with Crippen molar-refractivity contribution in [3.05, 3.63) is 54.0 Å². The molecule has 158 valence electrons. The van der Waals surface area contributed by atoms with Crippen LogP contribution in [0.3, 0.4) is 0 Å². The third kappa shape index (κ3) is 3.58. The summed E-state index contributed by atoms with van der Waals surface area (Å²) in [5.41, 5.74) is 2.00. The van der Waals surface area contributed by atoms with E-state index in [1.807, 2.05) is 18.5 Å². The molecule has 2 aliphatic heterocycles. The largest absolute Gasteiger partial charge is 0.354 e. The normalized spacial score (nSPS) is 23.6. The molecule has 6 heteroatoms. The van der Waals surface area contributed by atoms with Crippen LogP contribution in [0.15, 0.2) is 42.9 Å². The van der Waals surface area contributed by atoms with E-state index in [9.17, 15) is 4.79 Å². The average Bonchev–Trinajstić information content (AvgIpc) is 3.48. The zero-order valence-electron chi connectivity index (χ0n) is 17.8. The van der Waals surface area contributed by atoms with Gasteiger partial charge in [0.1, 0.15) is 5.82 Å². The minimum Gasteiger partial charge on any atom is -0.354 e. The lowest BCUT2D eigenvalue weighted by atomic mass is 9.95. The van der Waals surface area contributed by atoms with Crippen molar-refractivity contribution in [2.75, 3.05) is 50.7 Å². The molecule has 6 nitrogen and oxygen atoms in total. The van der Waals surface area contributed by atoms with E-state index in [2.05, 4.69) is 44.8 Å². The molecule has 1 amide bonds. The second kappa shape index (κ2) is 7.99. The number of nitrogens with zero attached hydrogens (tertiary/aromatic N) is 5. The Labute approximate surface area is 178 Å². The molecular weight excluding hydrogens is 374 g/mol. The molecule has 3 fully saturated rings. The Balaban J connectivity index is 1.25. The molecule has 1 atom stereocenters. The van der Waals surface area contributed by atoms with Gasteiger partial charge in [-0.15, -0.1) is 0 Å². The predicted molar refractivity (Wildman–Crippen MR) is 118 cm³/mol. The Morgan fingerprint density at radius 3 is 2.57 bits per heavy atom. The van der Waals surface area contributed by atoms with Gasteiger partial charge in [-0.05, 0) is 49.1 Å². The van der Waals surface area contributed by atoms with Crippen LogP contribution < -0.4 is 4.90 Å². The van der Waals surface area contributed by atoms with E-state index in [1.165, 1.54) is 5.56 Å². The predicted octanol–water partition coefficient (Wildman–Crippen LogP) is 2.67. The summed E-state index contributed by atoms with van der Waals surface area (Å²) in [6.07, 6.45) is 8.61. The smallest absolute Gasteiger partial charge is 0.233 e. The highest BCUT2D eigenvalue weighted by Gasteiger charge is 2.54. The lowest BCUT2D eigenvalue weighted by Gasteiger charge is -2.34. The first kappa shape index (κ1) is 19.5. The van der Waals surface area contributed by atoms with E-state index in [0.717, 1.165) is 76.5 Å². The molecule has 0 N–H and O–H groups in total. The molecule has 2 saturated heterocycles. The highest BCUT2D eigenvalue weighted by Crippen LogP contribution is 2.50. The number of likely N-dealkylation sites (tertiary alicyclic amines) is 1. The lowest BCUT2D eigenvalue weighted by Crippen LogP contribution is -2.46. The SMILES string of the molecule is CCN1CCN(c2ccc(C3(C(=O)N4CCC(c5cccnc5)C4)CC3)cn2)CC1. The fourth-order valence-corrected chi connectivity index (χ4v) is 5.04. The second-order valence-electron chi connectivity index (χ2n) is 8.93. The van der Waals surface area contributed by atoms with Crippen LogP contribution in [0.2, 0.25) is 0 Å². The number of hydrogen-bond donors (Lipinski definition) is 0. The van der Waals surface area contributed by atoms with Gasteiger partial charge in [-0.3, -0.25) is 9.78 Å². The summed E-state index contributed by atoms with van der Waals surface area (Å²) in [4.78, 5) is 29.3. The molecule has 0 spiro atoms. The summed E-state index contributed by atoms with van der Waals surface area (Å²) in [5, 5.41) is 0. The van der Waals surface area contributed by atoms with Crippen molar-refractivity contribution < 1.29 is 4.79 Å². The monoisotopic (exact) mass is 405 g/mol. The quantitative estimate of drug-likeness (QED) is 0.766. The number of rotatable bonds is 5. The molecule has 5 rings (SSSR count). The first-order valence-corrected chi connectivity index (χ1v) is 11.3. The van der Waals surface area contributed by atoms with Gasteiger partial charge in [0.05, 0.1) is 5.41 Å². The maximum atomic E-state index is 13.4. The third-order valence-corrected chi connectivity index (χ3v) is 7.23. The Hall–Kier alpha value is -2.47. The maximum Gasteiger partial charge on any atom is 0.233 e. The minimum absolute atomic E-state index is 0.292. The van der Waals surface area contributed by atoms with Crippen molar-refractivity contribution in [2.45, 2.75) is 37.5 Å². The molecule has 1 aliphatic carbocycles. The highest BCUT2D eigenvalue weighted by atomic mass is 16.2. The van der Waals surface area contributed by atoms with Crippen LogP contribution in [0.25, 0.3) is 0 Å². The van der Waals surface area contributed by atoms with Gasteiger partial charge >= 0.3 is 0 Å². The number of hydrogen-bond acceptors (Lipinski definition) is 5. The van der Waals surface area contributed by atoms with Crippen LogP contribution in [0.5, 0.6) is 0 Å². The zero-order chi connectivity index (χ0) is 20.6. The Morgan fingerprint density at radius 2 is 1.93 bits per heavy atom. The number of anilines is 1. The van der Waals surface area contributed by atoms with E-state index in [0.29, 0.717) is 11.8 Å². The van der Waals surface area contributed by atoms with E-state index in [4.69, 9.17) is 4.98 Å². The highest BCUT2D eigenvalue weighted by molar-refractivity contribution is 5.91. The van der Waals surface area contributed by atoms with Gasteiger partial charge in [0.15, 0.2) is 0 Å². The van der Waals surface area contributed by atoms with Gasteiger partial charge in [0, 0.05) is 63.8 Å². The molecule has 1 unspecified atom stereocenters. The van der Waals surface area contributed by atoms with E-state index < -0.39 is 0 Å². The van der Waals surface area contributed by atoms with Crippen LogP contribution in [0, 0.1) is 0 Å². The first-order chi connectivity index (χ1) is 14.7. The van der Waals surface area contributed by atoms with Gasteiger partial charge in [0.2, 0.25) is 5.91 Å². The van der Waals surface area contributed by atoms with E-state index in [1.54, 1.807) is 6.20 Å². The van der Waals surface area contributed by atoms with Crippen LogP contribution in [-0.2, 0) is 10.2 Å². The van der Waals surface area contributed by atoms with Crippen LogP contribution in [-0.4, -0.2) is 71.5 Å². The van der Waals surface area contributed by atoms with Crippen LogP contribution in [0.4, 0.5) is 5.82 Å². The molecule has 2 aromatic heterocycles. The number of piperazine rings is 1. The summed E-state index contributed by atoms with van der Waals surface area (Å²) < 4.78 is 0. The van der Waals surface area contributed by atoms with Crippen molar-refractivity contribution in [3.63, 3.8) is 0 Å². The van der Waals surface area contributed by atoms with Gasteiger partial charge in [-0.2, -0.15) is 0 Å². The third-order valence-electron chi connectivity index (χ3n) is 7.23. The summed E-state index contributed by atoms with van der Waals surface area (Å²) >= 11 is 0. The van der Waals surface area contributed by atoms with Gasteiger partial charge < -0.3 is 14.7 Å². The number of carbonyl (C=O) groups excluding carboxylic acids is 1. The van der Waals surface area contributed by atoms with Crippen molar-refractivity contribution in [1.29, 1.82) is 0 Å². The van der Waals surface area contributed by atoms with Gasteiger partial charge in [0.25, 0.3) is 0 Å². The molecule has 0 aromatic carbocycles. The Kier molecular flexibility index (Phi) is 5.19. The van der Waals surface area contributed by atoms with Gasteiger partial charge in [-0.25, -0.2) is 4.98 Å². The van der Waals surface area contributed by atoms with Crippen molar-refractivity contribution in [2.24, 2.45) is 0 Å². The minimum atomic E-state index is -0.337. The number of pyridine rings is 2. The maximum absolute atomic E-state index is 13.4. The summed E-state index contributed by atoms with van der Waals surface area (Å²) in [6.45, 7) is 9.20. The Morgan fingerprint density at radius 1 is 1.10 bits per heavy atom. The van der Waals surface area contributed by atoms with Crippen molar-refractivity contribution >= 4 is 11.7 Å². The molecule has 1 saturated carbocycles. The standard InChI is InChI=1S/C24H31N5O/c1-2-27-12-14-28(15-13-27)22-6-5-21(17-26-22)24(8-9-24)23(30)29-11-7-20(18-29)19-4-3-10-25-16-19/h3-6,10,16-17,20H,2,7-9,11-15,18H2,1H3. The number of aromatic nitrogens is 2. The molecule has 0 bridgehead atoms. The molecule has 3 aliphatic rings. The molecule has 30 heavy (non-hydrogen) atoms. The summed E-state index contributed by atoms with van der Waals surface area (Å²) in [7, 11) is 0. The second-order valence-corrected chi connectivity index (χ2v) is 8.93. The van der Waals surface area contributed by atoms with E-state index >= 15 is 0 Å². The lowest BCUT2D eigenvalue weighted by molar-refractivity contribution is -0.132. The average molecular weight is 406 g/mol. The topological polar surface area (TPSA) is 52.6 Å². The number of carbonyl (C=O) groups is 1. The van der Waals surface area contributed by atoms with Crippen LogP contribution >= 0.6 is 0 Å². The molecule has 0 radical (unpaired) electrons. The zero-order valence-corrected chi connectivity index (χ0v) is 17.8. The van der Waals surface area contributed by atoms with Crippen molar-refractivity contribution in [1.82, 2.24) is 19.8 Å². The van der Waals surface area contributed by atoms with Crippen LogP contribution in [0.1, 0.15) is 43.2 Å². The van der Waals surface area contributed by atoms with Crippen molar-refractivity contribution in [3.8, 4) is 0 Å². The summed E-state index contributed by atoms with van der Waals surface area (Å²) in [6, 6.07) is 8.37. The number of likely N-dealkylation sites (N-methyl/N-ethyl adjacent to an activating group) is 1. The Bertz CT molecular complexity index is 872. The first-order valence-electron chi connectivity index (χ1n) is 11.3. The molecular formula is C24H31N5O. The number of amides is 1. The van der Waals surface area contributed by atoms with E-state index in [-0.39, 0.29) is 5.41 Å². The molecule has 2 aromatic rings. The fourth-order valence-electron chi connectivity index (χ4n) is 5.04. The fraction of sp³-hybridized carbons (Fsp3) is 0.542.